The van der Waals surface area contributed by atoms with Gasteiger partial charge in [0.05, 0.1) is 13.2 Å². The molecule has 1 aromatic rings. The number of fused-ring (bicyclic) bond motifs is 2. The van der Waals surface area contributed by atoms with Gasteiger partial charge in [-0.3, -0.25) is 4.99 Å². The Hall–Kier alpha value is -0.910. The van der Waals surface area contributed by atoms with Gasteiger partial charge in [-0.05, 0) is 31.5 Å². The third-order valence-electron chi connectivity index (χ3n) is 4.39. The highest BCUT2D eigenvalue weighted by Gasteiger charge is 2.44. The highest BCUT2D eigenvalue weighted by Crippen LogP contribution is 2.42. The van der Waals surface area contributed by atoms with E-state index in [1.165, 1.54) is 24.1 Å². The fourth-order valence-corrected chi connectivity index (χ4v) is 3.67. The molecule has 0 amide bonds. The normalized spacial score (nSPS) is 26.6. The molecule has 1 spiro atoms. The molecule has 5 heteroatoms. The molecule has 2 fully saturated rings. The van der Waals surface area contributed by atoms with Crippen molar-refractivity contribution >= 4 is 27.5 Å². The minimum atomic E-state index is -0.144. The van der Waals surface area contributed by atoms with E-state index in [9.17, 15) is 0 Å². The molecule has 1 unspecified atom stereocenters. The summed E-state index contributed by atoms with van der Waals surface area (Å²) in [6.07, 6.45) is 3.50. The molecule has 2 saturated heterocycles. The summed E-state index contributed by atoms with van der Waals surface area (Å²) in [6.45, 7) is 2.53. The van der Waals surface area contributed by atoms with Gasteiger partial charge in [0, 0.05) is 28.2 Å². The molecule has 0 saturated carbocycles. The van der Waals surface area contributed by atoms with Crippen molar-refractivity contribution < 1.29 is 4.74 Å². The van der Waals surface area contributed by atoms with Crippen molar-refractivity contribution in [1.82, 2.24) is 5.32 Å². The van der Waals surface area contributed by atoms with E-state index in [0.717, 1.165) is 23.3 Å². The molecule has 4 nitrogen and oxygen atoms in total. The zero-order valence-corrected chi connectivity index (χ0v) is 12.9. The molecule has 20 heavy (non-hydrogen) atoms. The molecule has 3 heterocycles. The lowest BCUT2D eigenvalue weighted by Gasteiger charge is -2.43. The van der Waals surface area contributed by atoms with Gasteiger partial charge in [-0.15, -0.1) is 0 Å². The minimum Gasteiger partial charge on any atom is -0.375 e. The Kier molecular flexibility index (Phi) is 3.09. The topological polar surface area (TPSA) is 45.7 Å². The van der Waals surface area contributed by atoms with Crippen molar-refractivity contribution in [2.24, 2.45) is 4.99 Å². The number of nitrogens with zero attached hydrogens (tertiary/aromatic N) is 1. The van der Waals surface area contributed by atoms with Gasteiger partial charge < -0.3 is 15.4 Å². The van der Waals surface area contributed by atoms with Gasteiger partial charge >= 0.3 is 0 Å². The largest absolute Gasteiger partial charge is 0.375 e. The van der Waals surface area contributed by atoms with Crippen molar-refractivity contribution in [3.63, 3.8) is 0 Å². The van der Waals surface area contributed by atoms with Gasteiger partial charge in [-0.2, -0.15) is 0 Å². The van der Waals surface area contributed by atoms with Crippen LogP contribution in [0.15, 0.2) is 27.7 Å². The van der Waals surface area contributed by atoms with Crippen molar-refractivity contribution in [2.75, 3.05) is 25.1 Å². The summed E-state index contributed by atoms with van der Waals surface area (Å²) in [5.74, 6) is 1.10. The highest BCUT2D eigenvalue weighted by molar-refractivity contribution is 9.10. The predicted molar refractivity (Wildman–Crippen MR) is 83.3 cm³/mol. The SMILES string of the molecule is Brc1ccc2c(c1)NC(CC1CCCN1)=NC21COC1. The Morgan fingerprint density at radius 3 is 3.00 bits per heavy atom. The first-order valence-electron chi connectivity index (χ1n) is 7.22. The summed E-state index contributed by atoms with van der Waals surface area (Å²) >= 11 is 3.55. The molecule has 4 rings (SSSR count). The van der Waals surface area contributed by atoms with Crippen LogP contribution in [0, 0.1) is 0 Å². The number of ether oxygens (including phenoxy) is 1. The van der Waals surface area contributed by atoms with Crippen molar-refractivity contribution in [2.45, 2.75) is 30.8 Å². The first-order valence-corrected chi connectivity index (χ1v) is 8.01. The van der Waals surface area contributed by atoms with Gasteiger partial charge in [0.15, 0.2) is 0 Å². The van der Waals surface area contributed by atoms with Gasteiger partial charge in [0.2, 0.25) is 0 Å². The fraction of sp³-hybridized carbons (Fsp3) is 0.533. The van der Waals surface area contributed by atoms with Crippen LogP contribution in [0.2, 0.25) is 0 Å². The number of rotatable bonds is 2. The summed E-state index contributed by atoms with van der Waals surface area (Å²) in [5.41, 5.74) is 2.29. The highest BCUT2D eigenvalue weighted by atomic mass is 79.9. The molecule has 0 radical (unpaired) electrons. The first kappa shape index (κ1) is 12.8. The quantitative estimate of drug-likeness (QED) is 0.873. The lowest BCUT2D eigenvalue weighted by molar-refractivity contribution is -0.0556. The molecule has 2 N–H and O–H groups in total. The number of nitrogens with one attached hydrogen (secondary N) is 2. The Balaban J connectivity index is 1.65. The maximum absolute atomic E-state index is 5.46. The second-order valence-electron chi connectivity index (χ2n) is 5.90. The van der Waals surface area contributed by atoms with Crippen LogP contribution in [0.4, 0.5) is 5.69 Å². The second-order valence-corrected chi connectivity index (χ2v) is 6.81. The smallest absolute Gasteiger partial charge is 0.136 e. The lowest BCUT2D eigenvalue weighted by atomic mass is 9.85. The Morgan fingerprint density at radius 2 is 2.30 bits per heavy atom. The van der Waals surface area contributed by atoms with E-state index in [1.807, 2.05) is 0 Å². The van der Waals surface area contributed by atoms with Crippen molar-refractivity contribution in [3.05, 3.63) is 28.2 Å². The molecular weight excluding hydrogens is 318 g/mol. The molecule has 0 aromatic heterocycles. The second kappa shape index (κ2) is 4.83. The van der Waals surface area contributed by atoms with E-state index in [-0.39, 0.29) is 5.54 Å². The Morgan fingerprint density at radius 1 is 1.40 bits per heavy atom. The number of hydrogen-bond acceptors (Lipinski definition) is 4. The Bertz CT molecular complexity index is 562. The number of hydrogen-bond donors (Lipinski definition) is 2. The summed E-state index contributed by atoms with van der Waals surface area (Å²) < 4.78 is 6.56. The predicted octanol–water partition coefficient (Wildman–Crippen LogP) is 2.64. The van der Waals surface area contributed by atoms with Gasteiger partial charge in [0.25, 0.3) is 0 Å². The number of amidine groups is 1. The average molecular weight is 336 g/mol. The van der Waals surface area contributed by atoms with E-state index in [2.05, 4.69) is 44.8 Å². The number of anilines is 1. The van der Waals surface area contributed by atoms with Crippen LogP contribution >= 0.6 is 15.9 Å². The standard InChI is InChI=1S/C15H18BrN3O/c16-10-3-4-12-13(6-10)18-14(7-11-2-1-5-17-11)19-15(12)8-20-9-15/h3-4,6,11,17H,1-2,5,7-9H2,(H,18,19). The molecule has 3 aliphatic heterocycles. The third kappa shape index (κ3) is 2.08. The molecule has 106 valence electrons. The summed E-state index contributed by atoms with van der Waals surface area (Å²) in [7, 11) is 0. The van der Waals surface area contributed by atoms with E-state index >= 15 is 0 Å². The molecule has 1 atom stereocenters. The average Bonchev–Trinajstić information content (AvgIpc) is 2.88. The first-order chi connectivity index (χ1) is 9.75. The minimum absolute atomic E-state index is 0.144. The van der Waals surface area contributed by atoms with Crippen LogP contribution in [0.5, 0.6) is 0 Å². The summed E-state index contributed by atoms with van der Waals surface area (Å²) in [5, 5.41) is 7.05. The fourth-order valence-electron chi connectivity index (χ4n) is 3.30. The van der Waals surface area contributed by atoms with Crippen LogP contribution < -0.4 is 10.6 Å². The number of halogens is 1. The van der Waals surface area contributed by atoms with Gasteiger partial charge in [-0.25, -0.2) is 0 Å². The lowest BCUT2D eigenvalue weighted by Crippen LogP contribution is -2.49. The molecule has 0 bridgehead atoms. The summed E-state index contributed by atoms with van der Waals surface area (Å²) in [4.78, 5) is 4.98. The van der Waals surface area contributed by atoms with Crippen LogP contribution in [0.3, 0.4) is 0 Å². The Labute approximate surface area is 127 Å². The number of aliphatic imine (C=N–C) groups is 1. The summed E-state index contributed by atoms with van der Waals surface area (Å²) in [6, 6.07) is 6.95. The van der Waals surface area contributed by atoms with Crippen molar-refractivity contribution in [1.29, 1.82) is 0 Å². The van der Waals surface area contributed by atoms with Crippen molar-refractivity contribution in [3.8, 4) is 0 Å². The maximum Gasteiger partial charge on any atom is 0.136 e. The van der Waals surface area contributed by atoms with E-state index < -0.39 is 0 Å². The maximum atomic E-state index is 5.46. The molecule has 1 aromatic carbocycles. The van der Waals surface area contributed by atoms with Gasteiger partial charge in [0.1, 0.15) is 11.4 Å². The molecule has 3 aliphatic rings. The molecule has 0 aliphatic carbocycles. The van der Waals surface area contributed by atoms with Crippen LogP contribution in [-0.2, 0) is 10.3 Å². The van der Waals surface area contributed by atoms with Crippen LogP contribution in [-0.4, -0.2) is 31.6 Å². The monoisotopic (exact) mass is 335 g/mol. The van der Waals surface area contributed by atoms with Gasteiger partial charge in [-0.1, -0.05) is 22.0 Å². The van der Waals surface area contributed by atoms with E-state index in [1.54, 1.807) is 0 Å². The zero-order chi connectivity index (χ0) is 13.6. The number of benzene rings is 1. The third-order valence-corrected chi connectivity index (χ3v) is 4.89. The van der Waals surface area contributed by atoms with E-state index in [4.69, 9.17) is 9.73 Å². The van der Waals surface area contributed by atoms with E-state index in [0.29, 0.717) is 19.3 Å². The molecular formula is C15H18BrN3O. The van der Waals surface area contributed by atoms with Crippen LogP contribution in [0.25, 0.3) is 0 Å². The zero-order valence-electron chi connectivity index (χ0n) is 11.3. The van der Waals surface area contributed by atoms with Crippen LogP contribution in [0.1, 0.15) is 24.8 Å².